The van der Waals surface area contributed by atoms with E-state index in [-0.39, 0.29) is 6.04 Å². The average Bonchev–Trinajstić information content (AvgIpc) is 3.11. The smallest absolute Gasteiger partial charge is 0.113 e. The van der Waals surface area contributed by atoms with Gasteiger partial charge in [0.05, 0.1) is 12.2 Å². The highest BCUT2D eigenvalue weighted by Gasteiger charge is 2.15. The predicted octanol–water partition coefficient (Wildman–Crippen LogP) is 4.43. The van der Waals surface area contributed by atoms with Crippen LogP contribution in [0.2, 0.25) is 0 Å². The lowest BCUT2D eigenvalue weighted by Crippen LogP contribution is -2.10. The molecule has 3 aromatic rings. The van der Waals surface area contributed by atoms with Crippen LogP contribution >= 0.6 is 0 Å². The molecule has 0 saturated heterocycles. The van der Waals surface area contributed by atoms with Gasteiger partial charge in [-0.2, -0.15) is 0 Å². The molecule has 3 heteroatoms. The van der Waals surface area contributed by atoms with Crippen molar-refractivity contribution < 1.29 is 0 Å². The number of hydrogen-bond donors (Lipinski definition) is 0. The van der Waals surface area contributed by atoms with Crippen molar-refractivity contribution in [3.8, 4) is 11.3 Å². The van der Waals surface area contributed by atoms with Crippen molar-refractivity contribution in [2.75, 3.05) is 0 Å². The quantitative estimate of drug-likeness (QED) is 0.716. The highest BCUT2D eigenvalue weighted by molar-refractivity contribution is 5.57. The second kappa shape index (κ2) is 5.99. The Morgan fingerprint density at radius 2 is 1.74 bits per heavy atom. The third-order valence-electron chi connectivity index (χ3n) is 4.83. The molecule has 0 radical (unpaired) electrons. The maximum atomic E-state index is 4.35. The molecular formula is C20H21N3. The van der Waals surface area contributed by atoms with Crippen LogP contribution in [0.5, 0.6) is 0 Å². The molecule has 0 saturated carbocycles. The predicted molar refractivity (Wildman–Crippen MR) is 92.4 cm³/mol. The number of rotatable bonds is 3. The van der Waals surface area contributed by atoms with Crippen molar-refractivity contribution >= 4 is 0 Å². The first-order valence-corrected chi connectivity index (χ1v) is 8.40. The summed E-state index contributed by atoms with van der Waals surface area (Å²) in [6.07, 6.45) is 7.12. The molecule has 2 aromatic carbocycles. The van der Waals surface area contributed by atoms with E-state index in [1.165, 1.54) is 42.4 Å². The maximum absolute atomic E-state index is 4.35. The molecule has 3 nitrogen and oxygen atoms in total. The molecule has 1 heterocycles. The summed E-state index contributed by atoms with van der Waals surface area (Å²) in [7, 11) is 0. The first-order valence-electron chi connectivity index (χ1n) is 8.40. The molecule has 0 N–H and O–H groups in total. The van der Waals surface area contributed by atoms with E-state index in [2.05, 4.69) is 47.6 Å². The molecule has 0 amide bonds. The molecule has 1 atom stereocenters. The molecule has 0 fully saturated rings. The van der Waals surface area contributed by atoms with Gasteiger partial charge in [0.25, 0.3) is 0 Å². The van der Waals surface area contributed by atoms with Crippen molar-refractivity contribution in [2.24, 2.45) is 0 Å². The zero-order chi connectivity index (χ0) is 15.6. The Balaban J connectivity index is 1.62. The Bertz CT molecular complexity index is 805. The Kier molecular flexibility index (Phi) is 3.70. The Labute approximate surface area is 137 Å². The van der Waals surface area contributed by atoms with Gasteiger partial charge in [0.15, 0.2) is 0 Å². The normalized spacial score (nSPS) is 15.2. The summed E-state index contributed by atoms with van der Waals surface area (Å²) in [6, 6.07) is 17.3. The fraction of sp³-hybridized carbons (Fsp3) is 0.300. The largest absolute Gasteiger partial charge is 0.245 e. The minimum Gasteiger partial charge on any atom is -0.245 e. The van der Waals surface area contributed by atoms with E-state index in [1.54, 1.807) is 0 Å². The molecule has 4 rings (SSSR count). The van der Waals surface area contributed by atoms with E-state index in [1.807, 2.05) is 29.1 Å². The number of benzene rings is 2. The van der Waals surface area contributed by atoms with Crippen LogP contribution in [0.25, 0.3) is 11.3 Å². The summed E-state index contributed by atoms with van der Waals surface area (Å²) < 4.78 is 1.97. The third kappa shape index (κ3) is 2.79. The zero-order valence-corrected chi connectivity index (χ0v) is 13.4. The standard InChI is InChI=1S/C20H21N3/c1-15(18-12-11-16-7-5-6-10-19(16)13-18)23-14-20(21-22-23)17-8-3-2-4-9-17/h2-4,8-9,11-15H,5-7,10H2,1H3. The molecule has 0 aliphatic heterocycles. The van der Waals surface area contributed by atoms with E-state index in [0.29, 0.717) is 0 Å². The monoisotopic (exact) mass is 303 g/mol. The second-order valence-electron chi connectivity index (χ2n) is 6.36. The highest BCUT2D eigenvalue weighted by atomic mass is 15.4. The third-order valence-corrected chi connectivity index (χ3v) is 4.83. The van der Waals surface area contributed by atoms with Gasteiger partial charge in [0.1, 0.15) is 5.69 Å². The molecule has 1 unspecified atom stereocenters. The summed E-state index contributed by atoms with van der Waals surface area (Å²) in [4.78, 5) is 0. The molecule has 1 aliphatic rings. The van der Waals surface area contributed by atoms with E-state index >= 15 is 0 Å². The molecule has 23 heavy (non-hydrogen) atoms. The summed E-state index contributed by atoms with van der Waals surface area (Å²) in [5.74, 6) is 0. The summed E-state index contributed by atoms with van der Waals surface area (Å²) in [6.45, 7) is 2.19. The average molecular weight is 303 g/mol. The van der Waals surface area contributed by atoms with Crippen LogP contribution in [-0.4, -0.2) is 15.0 Å². The topological polar surface area (TPSA) is 30.7 Å². The van der Waals surface area contributed by atoms with Crippen LogP contribution in [-0.2, 0) is 12.8 Å². The Morgan fingerprint density at radius 1 is 0.957 bits per heavy atom. The molecule has 116 valence electrons. The first kappa shape index (κ1) is 14.2. The summed E-state index contributed by atoms with van der Waals surface area (Å²) in [5, 5.41) is 8.68. The van der Waals surface area contributed by atoms with Gasteiger partial charge in [-0.15, -0.1) is 5.10 Å². The minimum absolute atomic E-state index is 0.201. The van der Waals surface area contributed by atoms with Gasteiger partial charge < -0.3 is 0 Å². The fourth-order valence-electron chi connectivity index (χ4n) is 3.37. The fourth-order valence-corrected chi connectivity index (χ4v) is 3.37. The van der Waals surface area contributed by atoms with E-state index < -0.39 is 0 Å². The molecule has 0 spiro atoms. The van der Waals surface area contributed by atoms with Gasteiger partial charge in [-0.1, -0.05) is 53.7 Å². The molecule has 0 bridgehead atoms. The zero-order valence-electron chi connectivity index (χ0n) is 13.4. The van der Waals surface area contributed by atoms with Gasteiger partial charge in [-0.25, -0.2) is 4.68 Å². The molecular weight excluding hydrogens is 282 g/mol. The lowest BCUT2D eigenvalue weighted by molar-refractivity contribution is 0.541. The highest BCUT2D eigenvalue weighted by Crippen LogP contribution is 2.26. The van der Waals surface area contributed by atoms with E-state index in [4.69, 9.17) is 0 Å². The van der Waals surface area contributed by atoms with Gasteiger partial charge in [-0.05, 0) is 49.3 Å². The number of hydrogen-bond acceptors (Lipinski definition) is 2. The number of aryl methyl sites for hydroxylation is 2. The SMILES string of the molecule is CC(c1ccc2c(c1)CCCC2)n1cc(-c2ccccc2)nn1. The van der Waals surface area contributed by atoms with Gasteiger partial charge in [0, 0.05) is 5.56 Å². The number of fused-ring (bicyclic) bond motifs is 1. The van der Waals surface area contributed by atoms with Crippen LogP contribution in [0.3, 0.4) is 0 Å². The van der Waals surface area contributed by atoms with Crippen molar-refractivity contribution in [1.29, 1.82) is 0 Å². The van der Waals surface area contributed by atoms with Crippen LogP contribution in [0.1, 0.15) is 42.5 Å². The van der Waals surface area contributed by atoms with Crippen molar-refractivity contribution in [3.63, 3.8) is 0 Å². The van der Waals surface area contributed by atoms with Gasteiger partial charge in [0.2, 0.25) is 0 Å². The van der Waals surface area contributed by atoms with E-state index in [9.17, 15) is 0 Å². The van der Waals surface area contributed by atoms with E-state index in [0.717, 1.165) is 11.3 Å². The van der Waals surface area contributed by atoms with Crippen LogP contribution in [0, 0.1) is 0 Å². The minimum atomic E-state index is 0.201. The second-order valence-corrected chi connectivity index (χ2v) is 6.36. The lowest BCUT2D eigenvalue weighted by atomic mass is 9.89. The van der Waals surface area contributed by atoms with Crippen LogP contribution < -0.4 is 0 Å². The summed E-state index contributed by atoms with van der Waals surface area (Å²) in [5.41, 5.74) is 6.39. The Hall–Kier alpha value is -2.42. The lowest BCUT2D eigenvalue weighted by Gasteiger charge is -2.19. The summed E-state index contributed by atoms with van der Waals surface area (Å²) >= 11 is 0. The maximum Gasteiger partial charge on any atom is 0.113 e. The first-order chi connectivity index (χ1) is 11.3. The van der Waals surface area contributed by atoms with Crippen LogP contribution in [0.4, 0.5) is 0 Å². The molecule has 1 aromatic heterocycles. The van der Waals surface area contributed by atoms with Gasteiger partial charge >= 0.3 is 0 Å². The van der Waals surface area contributed by atoms with Crippen molar-refractivity contribution in [1.82, 2.24) is 15.0 Å². The number of nitrogens with zero attached hydrogens (tertiary/aromatic N) is 3. The van der Waals surface area contributed by atoms with Crippen molar-refractivity contribution in [2.45, 2.75) is 38.6 Å². The molecule has 1 aliphatic carbocycles. The van der Waals surface area contributed by atoms with Crippen LogP contribution in [0.15, 0.2) is 54.7 Å². The van der Waals surface area contributed by atoms with Gasteiger partial charge in [-0.3, -0.25) is 0 Å². The number of aromatic nitrogens is 3. The van der Waals surface area contributed by atoms with Crippen molar-refractivity contribution in [3.05, 3.63) is 71.4 Å². The Morgan fingerprint density at radius 3 is 2.57 bits per heavy atom.